The van der Waals surface area contributed by atoms with E-state index in [1.54, 1.807) is 60.0 Å². The summed E-state index contributed by atoms with van der Waals surface area (Å²) in [6.45, 7) is 13.3. The predicted octanol–water partition coefficient (Wildman–Crippen LogP) is 19.1. The Labute approximate surface area is 585 Å². The highest BCUT2D eigenvalue weighted by molar-refractivity contribution is 7.22. The van der Waals surface area contributed by atoms with Crippen LogP contribution in [0.3, 0.4) is 0 Å². The highest BCUT2D eigenvalue weighted by Gasteiger charge is 2.34. The van der Waals surface area contributed by atoms with Gasteiger partial charge >= 0.3 is 35.8 Å². The van der Waals surface area contributed by atoms with E-state index in [-0.39, 0.29) is 53.3 Å². The molecular weight excluding hydrogens is 1260 g/mol. The first kappa shape index (κ1) is 77.5. The van der Waals surface area contributed by atoms with Crippen LogP contribution < -0.4 is 33.4 Å². The standard InChI is InChI=1S/C80H107N3O14S/c1-5-8-33-60(4)83(80-82-71-34-27-28-35-73(71)98-80)81-59-65-58-70(96-78(88)63-38-36-61(37-39-63)76(86)94-68-48-44-66(45-49-68)90-54-29-23-19-15-11-9-10-12-17-21-25-31-56-92-74(84)6-2)52-53-72(65)97-79(89)64-42-40-62(41-43-64)77(87)95-69-50-46-67(47-51-69)91-55-30-24-20-16-13-14-18-22-26-32-57-93-75(85)7-3/h6-7,27-28,34-35,44-53,58-64H,2-3,5,8-26,29-33,36-43,54-57H2,1,4H3/b81-59+/t60?,61-,62-,63+,64-. The fraction of sp³-hybridized carbons (Fsp3) is 0.550. The topological polar surface area (TPSA) is 205 Å². The molecule has 98 heavy (non-hydrogen) atoms. The molecule has 0 saturated heterocycles. The Morgan fingerprint density at radius 2 is 0.847 bits per heavy atom. The lowest BCUT2D eigenvalue weighted by molar-refractivity contribution is -0.145. The lowest BCUT2D eigenvalue weighted by Crippen LogP contribution is -2.31. The normalized spacial score (nSPS) is 16.3. The van der Waals surface area contributed by atoms with Crippen LogP contribution in [0, 0.1) is 23.7 Å². The molecule has 0 amide bonds. The summed E-state index contributed by atoms with van der Waals surface area (Å²) in [6, 6.07) is 27.2. The van der Waals surface area contributed by atoms with Gasteiger partial charge in [-0.15, -0.1) is 0 Å². The molecular formula is C80H107N3O14S. The molecule has 2 aliphatic rings. The third kappa shape index (κ3) is 28.5. The molecule has 1 heterocycles. The van der Waals surface area contributed by atoms with Gasteiger partial charge in [0.25, 0.3) is 0 Å². The number of thiazole rings is 1. The molecule has 7 rings (SSSR count). The zero-order valence-electron chi connectivity index (χ0n) is 58.3. The number of aromatic nitrogens is 1. The van der Waals surface area contributed by atoms with Crippen LogP contribution in [-0.4, -0.2) is 79.5 Å². The van der Waals surface area contributed by atoms with E-state index < -0.39 is 23.8 Å². The quantitative estimate of drug-likeness (QED) is 0.00887. The summed E-state index contributed by atoms with van der Waals surface area (Å²) in [5, 5.41) is 7.65. The number of esters is 6. The average molecular weight is 1370 g/mol. The number of ether oxygens (including phenoxy) is 8. The van der Waals surface area contributed by atoms with Crippen molar-refractivity contribution in [2.24, 2.45) is 28.8 Å². The van der Waals surface area contributed by atoms with Crippen LogP contribution in [0.4, 0.5) is 5.13 Å². The van der Waals surface area contributed by atoms with Crippen LogP contribution in [0.5, 0.6) is 34.5 Å². The lowest BCUT2D eigenvalue weighted by Gasteiger charge is -2.26. The van der Waals surface area contributed by atoms with Gasteiger partial charge in [0.1, 0.15) is 34.5 Å². The molecule has 0 spiro atoms. The maximum atomic E-state index is 14.1. The van der Waals surface area contributed by atoms with E-state index in [1.165, 1.54) is 95.6 Å². The highest BCUT2D eigenvalue weighted by Crippen LogP contribution is 2.37. The zero-order valence-corrected chi connectivity index (χ0v) is 59.1. The molecule has 18 heteroatoms. The minimum absolute atomic E-state index is 0.0214. The second-order valence-electron chi connectivity index (χ2n) is 26.2. The molecule has 1 unspecified atom stereocenters. The maximum Gasteiger partial charge on any atom is 0.330 e. The third-order valence-corrected chi connectivity index (χ3v) is 19.4. The van der Waals surface area contributed by atoms with E-state index in [4.69, 9.17) is 48.0 Å². The lowest BCUT2D eigenvalue weighted by atomic mass is 9.82. The molecule has 2 aliphatic carbocycles. The number of rotatable bonds is 47. The SMILES string of the molecule is C=CC(=O)OCCCCCCCCCCCCCCOc1ccc(OC(=O)[C@H]2CC[C@@H](C(=O)Oc3ccc(OC(=O)[C@H]4CC[C@H](C(=O)Oc5ccc(OCCCCCCCCCCCCOC(=O)C=C)cc5)CC4)c(/C=N/N(c4nc5ccccc5s4)C(C)CCCC)c3)CC2)cc1. The van der Waals surface area contributed by atoms with Gasteiger partial charge in [0.2, 0.25) is 5.13 Å². The Morgan fingerprint density at radius 1 is 0.480 bits per heavy atom. The summed E-state index contributed by atoms with van der Waals surface area (Å²) in [6.07, 6.45) is 35.8. The molecule has 0 aliphatic heterocycles. The molecule has 5 aromatic rings. The molecule has 0 N–H and O–H groups in total. The Hall–Kier alpha value is -7.86. The first-order chi connectivity index (χ1) is 47.9. The monoisotopic (exact) mass is 1370 g/mol. The number of fused-ring (bicyclic) bond motifs is 1. The number of carbonyl (C=O) groups is 6. The van der Waals surface area contributed by atoms with Gasteiger partial charge in [-0.3, -0.25) is 19.2 Å². The molecule has 2 saturated carbocycles. The van der Waals surface area contributed by atoms with Crippen molar-refractivity contribution >= 4 is 68.7 Å². The van der Waals surface area contributed by atoms with Crippen molar-refractivity contribution in [1.82, 2.24) is 4.98 Å². The van der Waals surface area contributed by atoms with Crippen LogP contribution in [0.25, 0.3) is 10.2 Å². The number of hydrogen-bond acceptors (Lipinski definition) is 18. The fourth-order valence-corrected chi connectivity index (χ4v) is 13.4. The van der Waals surface area contributed by atoms with Crippen LogP contribution in [-0.2, 0) is 38.2 Å². The van der Waals surface area contributed by atoms with Crippen LogP contribution in [0.1, 0.15) is 231 Å². The van der Waals surface area contributed by atoms with E-state index in [1.807, 2.05) is 53.5 Å². The van der Waals surface area contributed by atoms with Gasteiger partial charge < -0.3 is 37.9 Å². The summed E-state index contributed by atoms with van der Waals surface area (Å²) in [5.41, 5.74) is 1.30. The summed E-state index contributed by atoms with van der Waals surface area (Å²) in [5.74, 6) is -0.937. The van der Waals surface area contributed by atoms with Gasteiger partial charge in [-0.05, 0) is 169 Å². The number of para-hydroxylation sites is 1. The number of hydrogen-bond donors (Lipinski definition) is 0. The van der Waals surface area contributed by atoms with Crippen molar-refractivity contribution < 1.29 is 66.7 Å². The molecule has 0 radical (unpaired) electrons. The predicted molar refractivity (Wildman–Crippen MR) is 386 cm³/mol. The van der Waals surface area contributed by atoms with Gasteiger partial charge in [-0.2, -0.15) is 5.10 Å². The molecule has 532 valence electrons. The van der Waals surface area contributed by atoms with E-state index in [2.05, 4.69) is 27.0 Å². The number of carbonyl (C=O) groups excluding carboxylic acids is 6. The van der Waals surface area contributed by atoms with Gasteiger partial charge in [0, 0.05) is 17.7 Å². The van der Waals surface area contributed by atoms with Crippen LogP contribution >= 0.6 is 11.3 Å². The van der Waals surface area contributed by atoms with Crippen molar-refractivity contribution in [3.8, 4) is 34.5 Å². The number of anilines is 1. The maximum absolute atomic E-state index is 14.1. The van der Waals surface area contributed by atoms with Crippen LogP contribution in [0.15, 0.2) is 121 Å². The summed E-state index contributed by atoms with van der Waals surface area (Å²) < 4.78 is 46.9. The number of benzene rings is 4. The van der Waals surface area contributed by atoms with Crippen molar-refractivity contribution in [2.75, 3.05) is 31.4 Å². The average Bonchev–Trinajstić information content (AvgIpc) is 1.37. The van der Waals surface area contributed by atoms with Crippen LogP contribution in [0.2, 0.25) is 0 Å². The van der Waals surface area contributed by atoms with Gasteiger partial charge in [0.05, 0.1) is 72.6 Å². The summed E-state index contributed by atoms with van der Waals surface area (Å²) >= 11 is 1.55. The Balaban J connectivity index is 0.831. The first-order valence-corrected chi connectivity index (χ1v) is 37.4. The molecule has 17 nitrogen and oxygen atoms in total. The number of hydrazone groups is 1. The second-order valence-corrected chi connectivity index (χ2v) is 27.2. The summed E-state index contributed by atoms with van der Waals surface area (Å²) in [7, 11) is 0. The molecule has 0 bridgehead atoms. The second kappa shape index (κ2) is 44.9. The highest BCUT2D eigenvalue weighted by atomic mass is 32.1. The van der Waals surface area contributed by atoms with Crippen molar-refractivity contribution in [3.05, 3.63) is 122 Å². The molecule has 1 aromatic heterocycles. The van der Waals surface area contributed by atoms with Crippen molar-refractivity contribution in [3.63, 3.8) is 0 Å². The van der Waals surface area contributed by atoms with Gasteiger partial charge in [-0.25, -0.2) is 19.6 Å². The smallest absolute Gasteiger partial charge is 0.330 e. The van der Waals surface area contributed by atoms with Crippen molar-refractivity contribution in [2.45, 2.75) is 232 Å². The molecule has 2 fully saturated rings. The van der Waals surface area contributed by atoms with E-state index in [0.717, 1.165) is 104 Å². The largest absolute Gasteiger partial charge is 0.494 e. The van der Waals surface area contributed by atoms with E-state index in [9.17, 15) is 28.8 Å². The minimum Gasteiger partial charge on any atom is -0.494 e. The Morgan fingerprint density at radius 3 is 1.26 bits per heavy atom. The van der Waals surface area contributed by atoms with Gasteiger partial charge in [-0.1, -0.05) is 172 Å². The minimum atomic E-state index is -0.455. The third-order valence-electron chi connectivity index (χ3n) is 18.4. The Kier molecular flexibility index (Phi) is 35.5. The van der Waals surface area contributed by atoms with Crippen molar-refractivity contribution in [1.29, 1.82) is 0 Å². The summed E-state index contributed by atoms with van der Waals surface area (Å²) in [4.78, 5) is 81.9. The number of unbranched alkanes of at least 4 members (excludes halogenated alkanes) is 21. The number of nitrogens with zero attached hydrogens (tertiary/aromatic N) is 3. The van der Waals surface area contributed by atoms with E-state index >= 15 is 0 Å². The van der Waals surface area contributed by atoms with Gasteiger partial charge in [0.15, 0.2) is 0 Å². The van der Waals surface area contributed by atoms with E-state index in [0.29, 0.717) is 94.9 Å². The molecule has 4 aromatic carbocycles. The zero-order chi connectivity index (χ0) is 69.4. The fourth-order valence-electron chi connectivity index (χ4n) is 12.4. The Bertz CT molecular complexity index is 3210. The first-order valence-electron chi connectivity index (χ1n) is 36.6. The molecule has 1 atom stereocenters.